The van der Waals surface area contributed by atoms with E-state index in [2.05, 4.69) is 24.1 Å². The van der Waals surface area contributed by atoms with Crippen LogP contribution in [-0.4, -0.2) is 29.9 Å². The van der Waals surface area contributed by atoms with Crippen LogP contribution in [0.4, 0.5) is 13.2 Å². The van der Waals surface area contributed by atoms with Gasteiger partial charge in [-0.05, 0) is 37.5 Å². The summed E-state index contributed by atoms with van der Waals surface area (Å²) in [6.45, 7) is 5.59. The Labute approximate surface area is 167 Å². The fraction of sp³-hybridized carbons (Fsp3) is 0.526. The number of aromatic nitrogens is 1. The molecule has 9 heteroatoms. The van der Waals surface area contributed by atoms with Crippen LogP contribution in [0.3, 0.4) is 0 Å². The molecule has 1 saturated carbocycles. The molecule has 2 N–H and O–H groups in total. The summed E-state index contributed by atoms with van der Waals surface area (Å²) in [5.74, 6) is -0.323. The lowest BCUT2D eigenvalue weighted by molar-refractivity contribution is -0.118. The van der Waals surface area contributed by atoms with Gasteiger partial charge in [-0.1, -0.05) is 38.3 Å². The molecule has 1 amide bonds. The predicted molar refractivity (Wildman–Crippen MR) is 103 cm³/mol. The Balaban J connectivity index is 0.000000892. The highest BCUT2D eigenvalue weighted by Crippen LogP contribution is 2.46. The van der Waals surface area contributed by atoms with E-state index in [1.807, 2.05) is 0 Å². The standard InChI is InChI=1S/C15H15ClF3N3O2.C4H10/c1-8(5-11(20)15(17,18)19)13(23)22-14(3-4-14)9-6-10(24-2)12(16)21-7-9;1-3-4-2/h5-7,20H,3-4H2,1-2H3,(H,22,23);3-4H2,1-2H3/b8-5+,20-11?;. The van der Waals surface area contributed by atoms with Crippen LogP contribution in [0.15, 0.2) is 23.9 Å². The third-order valence-corrected chi connectivity index (χ3v) is 4.49. The van der Waals surface area contributed by atoms with Crippen molar-refractivity contribution in [1.82, 2.24) is 10.3 Å². The van der Waals surface area contributed by atoms with Crippen LogP contribution in [-0.2, 0) is 10.3 Å². The molecule has 156 valence electrons. The van der Waals surface area contributed by atoms with Gasteiger partial charge in [0.05, 0.1) is 12.6 Å². The Morgan fingerprint density at radius 1 is 1.39 bits per heavy atom. The average molecular weight is 420 g/mol. The van der Waals surface area contributed by atoms with E-state index in [-0.39, 0.29) is 10.7 Å². The van der Waals surface area contributed by atoms with Crippen molar-refractivity contribution in [2.75, 3.05) is 7.11 Å². The fourth-order valence-electron chi connectivity index (χ4n) is 2.12. The first-order valence-corrected chi connectivity index (χ1v) is 9.25. The summed E-state index contributed by atoms with van der Waals surface area (Å²) >= 11 is 5.86. The summed E-state index contributed by atoms with van der Waals surface area (Å²) in [5.41, 5.74) is -1.81. The second-order valence-electron chi connectivity index (χ2n) is 6.49. The van der Waals surface area contributed by atoms with Crippen molar-refractivity contribution in [3.05, 3.63) is 34.6 Å². The highest BCUT2D eigenvalue weighted by atomic mass is 35.5. The Morgan fingerprint density at radius 2 is 1.96 bits per heavy atom. The number of nitrogens with one attached hydrogen (secondary N) is 2. The van der Waals surface area contributed by atoms with Crippen LogP contribution in [0.2, 0.25) is 5.15 Å². The largest absolute Gasteiger partial charge is 0.494 e. The molecule has 0 aliphatic heterocycles. The van der Waals surface area contributed by atoms with Gasteiger partial charge in [-0.25, -0.2) is 4.98 Å². The second-order valence-corrected chi connectivity index (χ2v) is 6.85. The highest BCUT2D eigenvalue weighted by Gasteiger charge is 2.46. The molecular formula is C19H25ClF3N3O2. The quantitative estimate of drug-likeness (QED) is 0.379. The first-order chi connectivity index (χ1) is 13.0. The molecule has 1 heterocycles. The van der Waals surface area contributed by atoms with E-state index in [4.69, 9.17) is 21.7 Å². The summed E-state index contributed by atoms with van der Waals surface area (Å²) < 4.78 is 42.2. The van der Waals surface area contributed by atoms with Crippen molar-refractivity contribution >= 4 is 23.2 Å². The van der Waals surface area contributed by atoms with Crippen molar-refractivity contribution in [1.29, 1.82) is 5.41 Å². The zero-order valence-corrected chi connectivity index (χ0v) is 17.1. The maximum Gasteiger partial charge on any atom is 0.432 e. The summed E-state index contributed by atoms with van der Waals surface area (Å²) in [4.78, 5) is 16.1. The van der Waals surface area contributed by atoms with Gasteiger partial charge in [0.1, 0.15) is 5.71 Å². The number of nitrogens with zero attached hydrogens (tertiary/aromatic N) is 1. The highest BCUT2D eigenvalue weighted by molar-refractivity contribution is 6.30. The SMILES string of the molecule is CCCC.COc1cc(C2(NC(=O)/C(C)=C/C(=N)C(F)(F)F)CC2)cnc1Cl. The minimum Gasteiger partial charge on any atom is -0.494 e. The maximum atomic E-state index is 12.4. The zero-order chi connectivity index (χ0) is 21.5. The van der Waals surface area contributed by atoms with E-state index < -0.39 is 23.3 Å². The average Bonchev–Trinajstić information content (AvgIpc) is 3.41. The lowest BCUT2D eigenvalue weighted by atomic mass is 10.1. The summed E-state index contributed by atoms with van der Waals surface area (Å²) in [6, 6.07) is 1.64. The van der Waals surface area contributed by atoms with Crippen molar-refractivity contribution < 1.29 is 22.7 Å². The zero-order valence-electron chi connectivity index (χ0n) is 16.3. The number of pyridine rings is 1. The number of hydrogen-bond donors (Lipinski definition) is 2. The molecule has 0 saturated heterocycles. The Hall–Kier alpha value is -2.09. The molecule has 28 heavy (non-hydrogen) atoms. The van der Waals surface area contributed by atoms with Gasteiger partial charge in [0, 0.05) is 11.8 Å². The second kappa shape index (κ2) is 9.91. The molecule has 1 fully saturated rings. The summed E-state index contributed by atoms with van der Waals surface area (Å²) in [5, 5.41) is 9.81. The first-order valence-electron chi connectivity index (χ1n) is 8.87. The topological polar surface area (TPSA) is 75.1 Å². The maximum absolute atomic E-state index is 12.4. The number of methoxy groups -OCH3 is 1. The fourth-order valence-corrected chi connectivity index (χ4v) is 2.30. The van der Waals surface area contributed by atoms with Gasteiger partial charge in [0.25, 0.3) is 0 Å². The van der Waals surface area contributed by atoms with Crippen molar-refractivity contribution in [3.63, 3.8) is 0 Å². The Morgan fingerprint density at radius 3 is 2.39 bits per heavy atom. The number of halogens is 4. The molecule has 0 spiro atoms. The van der Waals surface area contributed by atoms with E-state index in [9.17, 15) is 18.0 Å². The van der Waals surface area contributed by atoms with Crippen LogP contribution in [0.25, 0.3) is 0 Å². The smallest absolute Gasteiger partial charge is 0.432 e. The van der Waals surface area contributed by atoms with E-state index in [1.165, 1.54) is 33.1 Å². The molecular weight excluding hydrogens is 395 g/mol. The van der Waals surface area contributed by atoms with Crippen molar-refractivity contribution in [3.8, 4) is 5.75 Å². The van der Waals surface area contributed by atoms with E-state index in [1.54, 1.807) is 6.07 Å². The lowest BCUT2D eigenvalue weighted by Crippen LogP contribution is -2.36. The molecule has 0 atom stereocenters. The van der Waals surface area contributed by atoms with E-state index in [0.717, 1.165) is 0 Å². The first kappa shape index (κ1) is 23.9. The third-order valence-electron chi connectivity index (χ3n) is 4.21. The molecule has 0 aromatic carbocycles. The number of hydrogen-bond acceptors (Lipinski definition) is 4. The normalized spacial score (nSPS) is 15.2. The minimum absolute atomic E-state index is 0.179. The molecule has 0 bridgehead atoms. The number of allylic oxidation sites excluding steroid dienone is 1. The number of carbonyl (C=O) groups is 1. The molecule has 5 nitrogen and oxygen atoms in total. The van der Waals surface area contributed by atoms with Crippen LogP contribution in [0, 0.1) is 5.41 Å². The number of alkyl halides is 3. The molecule has 0 radical (unpaired) electrons. The van der Waals surface area contributed by atoms with Gasteiger partial charge in [-0.2, -0.15) is 13.2 Å². The van der Waals surface area contributed by atoms with E-state index >= 15 is 0 Å². The summed E-state index contributed by atoms with van der Waals surface area (Å²) in [7, 11) is 1.43. The van der Waals surface area contributed by atoms with Crippen LogP contribution in [0.1, 0.15) is 52.0 Å². The van der Waals surface area contributed by atoms with Crippen LogP contribution >= 0.6 is 11.6 Å². The number of ether oxygens (including phenoxy) is 1. The van der Waals surface area contributed by atoms with Crippen molar-refractivity contribution in [2.45, 2.75) is 58.2 Å². The van der Waals surface area contributed by atoms with Crippen LogP contribution < -0.4 is 10.1 Å². The molecule has 2 rings (SSSR count). The predicted octanol–water partition coefficient (Wildman–Crippen LogP) is 5.18. The molecule has 1 aliphatic rings. The number of amides is 1. The molecule has 0 unspecified atom stereocenters. The summed E-state index contributed by atoms with van der Waals surface area (Å²) in [6.07, 6.45) is 1.09. The minimum atomic E-state index is -4.79. The third kappa shape index (κ3) is 6.51. The van der Waals surface area contributed by atoms with Gasteiger partial charge < -0.3 is 10.1 Å². The Bertz CT molecular complexity index is 742. The van der Waals surface area contributed by atoms with Crippen LogP contribution in [0.5, 0.6) is 5.75 Å². The van der Waals surface area contributed by atoms with Gasteiger partial charge in [-0.15, -0.1) is 0 Å². The van der Waals surface area contributed by atoms with Gasteiger partial charge in [-0.3, -0.25) is 10.2 Å². The monoisotopic (exact) mass is 419 g/mol. The molecule has 1 aromatic rings. The lowest BCUT2D eigenvalue weighted by Gasteiger charge is -2.19. The van der Waals surface area contributed by atoms with Crippen molar-refractivity contribution in [2.24, 2.45) is 0 Å². The number of carbonyl (C=O) groups excluding carboxylic acids is 1. The van der Waals surface area contributed by atoms with E-state index in [0.29, 0.717) is 30.2 Å². The van der Waals surface area contributed by atoms with Gasteiger partial charge >= 0.3 is 6.18 Å². The molecule has 1 aromatic heterocycles. The molecule has 1 aliphatic carbocycles. The number of rotatable bonds is 6. The van der Waals surface area contributed by atoms with Gasteiger partial charge in [0.15, 0.2) is 10.9 Å². The number of unbranched alkanes of at least 4 members (excludes halogenated alkanes) is 1. The Kier molecular flexibility index (Phi) is 8.48. The van der Waals surface area contributed by atoms with Gasteiger partial charge in [0.2, 0.25) is 5.91 Å².